The van der Waals surface area contributed by atoms with Crippen LogP contribution in [0, 0.1) is 0 Å². The highest BCUT2D eigenvalue weighted by atomic mass is 16.5. The molecule has 0 saturated heterocycles. The lowest BCUT2D eigenvalue weighted by Gasteiger charge is -2.27. The Morgan fingerprint density at radius 2 is 1.35 bits per heavy atom. The lowest BCUT2D eigenvalue weighted by Crippen LogP contribution is -2.27. The number of benzene rings is 2. The van der Waals surface area contributed by atoms with Crippen LogP contribution in [0.15, 0.2) is 46.4 Å². The Morgan fingerprint density at radius 3 is 1.95 bits per heavy atom. The van der Waals surface area contributed by atoms with E-state index < -0.39 is 0 Å². The number of aliphatic imine (C=N–C) groups is 2. The van der Waals surface area contributed by atoms with Gasteiger partial charge in [-0.1, -0.05) is 57.7 Å². The molecular formula is C36H54N2O2. The predicted octanol–water partition coefficient (Wildman–Crippen LogP) is 9.58. The van der Waals surface area contributed by atoms with E-state index in [-0.39, 0.29) is 23.3 Å². The maximum absolute atomic E-state index is 6.49. The Bertz CT molecular complexity index is 1100. The Labute approximate surface area is 244 Å². The van der Waals surface area contributed by atoms with Crippen molar-refractivity contribution in [3.05, 3.63) is 58.7 Å². The lowest BCUT2D eigenvalue weighted by atomic mass is 9.91. The number of nitrogens with zero attached hydrogens (tertiary/aromatic N) is 2. The zero-order chi connectivity index (χ0) is 29.2. The molecule has 40 heavy (non-hydrogen) atoms. The van der Waals surface area contributed by atoms with E-state index in [2.05, 4.69) is 104 Å². The molecule has 0 aromatic heterocycles. The molecule has 2 aromatic carbocycles. The molecule has 1 fully saturated rings. The van der Waals surface area contributed by atoms with Crippen LogP contribution in [-0.2, 0) is 12.8 Å². The molecule has 2 atom stereocenters. The normalized spacial score (nSPS) is 18.5. The number of rotatable bonds is 12. The first-order valence-corrected chi connectivity index (χ1v) is 15.7. The van der Waals surface area contributed by atoms with Crippen molar-refractivity contribution in [3.63, 3.8) is 0 Å². The minimum absolute atomic E-state index is 0.169. The minimum atomic E-state index is -0.263. The molecule has 2 aromatic rings. The SMILES string of the molecule is CCCCc1ccc(OC(C)(C)C)c(C=NC2CCCCC2N=Cc2cccc(CCCC)c2OC(C)(C)C)c1. The molecule has 0 heterocycles. The van der Waals surface area contributed by atoms with Crippen LogP contribution in [0.1, 0.15) is 129 Å². The molecule has 0 bridgehead atoms. The van der Waals surface area contributed by atoms with Crippen molar-refractivity contribution in [1.82, 2.24) is 0 Å². The lowest BCUT2D eigenvalue weighted by molar-refractivity contribution is 0.129. The van der Waals surface area contributed by atoms with E-state index in [1.54, 1.807) is 0 Å². The van der Waals surface area contributed by atoms with Gasteiger partial charge in [0.05, 0.1) is 12.1 Å². The number of para-hydroxylation sites is 1. The molecule has 2 unspecified atom stereocenters. The highest BCUT2D eigenvalue weighted by Gasteiger charge is 2.24. The fourth-order valence-electron chi connectivity index (χ4n) is 5.15. The third kappa shape index (κ3) is 10.4. The van der Waals surface area contributed by atoms with E-state index in [0.29, 0.717) is 0 Å². The number of unbranched alkanes of at least 4 members (excludes halogenated alkanes) is 2. The highest BCUT2D eigenvalue weighted by molar-refractivity contribution is 5.85. The molecule has 4 nitrogen and oxygen atoms in total. The van der Waals surface area contributed by atoms with Crippen molar-refractivity contribution in [3.8, 4) is 11.5 Å². The number of ether oxygens (including phenoxy) is 2. The fraction of sp³-hybridized carbons (Fsp3) is 0.611. The van der Waals surface area contributed by atoms with E-state index in [0.717, 1.165) is 54.7 Å². The van der Waals surface area contributed by atoms with Gasteiger partial charge in [-0.15, -0.1) is 0 Å². The van der Waals surface area contributed by atoms with Crippen LogP contribution in [0.2, 0.25) is 0 Å². The summed E-state index contributed by atoms with van der Waals surface area (Å²) >= 11 is 0. The predicted molar refractivity (Wildman–Crippen MR) is 172 cm³/mol. The maximum atomic E-state index is 6.49. The van der Waals surface area contributed by atoms with Gasteiger partial charge in [0.2, 0.25) is 0 Å². The summed E-state index contributed by atoms with van der Waals surface area (Å²) in [7, 11) is 0. The Morgan fingerprint density at radius 1 is 0.750 bits per heavy atom. The molecule has 1 aliphatic carbocycles. The fourth-order valence-corrected chi connectivity index (χ4v) is 5.15. The monoisotopic (exact) mass is 546 g/mol. The molecule has 0 spiro atoms. The van der Waals surface area contributed by atoms with Crippen molar-refractivity contribution in [1.29, 1.82) is 0 Å². The van der Waals surface area contributed by atoms with E-state index in [1.807, 2.05) is 0 Å². The largest absolute Gasteiger partial charge is 0.487 e. The van der Waals surface area contributed by atoms with E-state index in [4.69, 9.17) is 19.5 Å². The molecule has 0 amide bonds. The summed E-state index contributed by atoms with van der Waals surface area (Å²) in [5.41, 5.74) is 4.23. The molecular weight excluding hydrogens is 492 g/mol. The van der Waals surface area contributed by atoms with Gasteiger partial charge in [-0.3, -0.25) is 9.98 Å². The molecule has 0 N–H and O–H groups in total. The Balaban J connectivity index is 1.87. The first-order chi connectivity index (χ1) is 19.0. The van der Waals surface area contributed by atoms with Crippen molar-refractivity contribution < 1.29 is 9.47 Å². The number of aryl methyl sites for hydroxylation is 2. The standard InChI is InChI=1S/C36H54N2O2/c1-9-11-16-27-22-23-33(39-35(3,4)5)30(24-27)26-38-32-21-14-13-20-31(32)37-25-29-19-15-18-28(17-12-10-2)34(29)40-36(6,7)8/h15,18-19,22-26,31-32H,9-14,16-17,20-21H2,1-8H3. The van der Waals surface area contributed by atoms with E-state index in [1.165, 1.54) is 43.2 Å². The molecule has 1 aliphatic rings. The van der Waals surface area contributed by atoms with Gasteiger partial charge in [0.1, 0.15) is 22.7 Å². The van der Waals surface area contributed by atoms with Gasteiger partial charge >= 0.3 is 0 Å². The smallest absolute Gasteiger partial charge is 0.132 e. The van der Waals surface area contributed by atoms with Crippen LogP contribution in [0.4, 0.5) is 0 Å². The highest BCUT2D eigenvalue weighted by Crippen LogP contribution is 2.30. The summed E-state index contributed by atoms with van der Waals surface area (Å²) in [6.07, 6.45) is 15.4. The van der Waals surface area contributed by atoms with E-state index in [9.17, 15) is 0 Å². The second-order valence-electron chi connectivity index (χ2n) is 13.3. The van der Waals surface area contributed by atoms with Gasteiger partial charge in [-0.2, -0.15) is 0 Å². The van der Waals surface area contributed by atoms with E-state index >= 15 is 0 Å². The van der Waals surface area contributed by atoms with Gasteiger partial charge in [-0.05, 0) is 109 Å². The van der Waals surface area contributed by atoms with Gasteiger partial charge < -0.3 is 9.47 Å². The summed E-state index contributed by atoms with van der Waals surface area (Å²) in [5.74, 6) is 1.89. The molecule has 3 rings (SSSR count). The summed E-state index contributed by atoms with van der Waals surface area (Å²) in [6, 6.07) is 13.4. The first kappa shape index (κ1) is 31.9. The average Bonchev–Trinajstić information content (AvgIpc) is 2.89. The summed E-state index contributed by atoms with van der Waals surface area (Å²) < 4.78 is 12.8. The van der Waals surface area contributed by atoms with Crippen LogP contribution >= 0.6 is 0 Å². The number of hydrogen-bond acceptors (Lipinski definition) is 4. The van der Waals surface area contributed by atoms with Crippen molar-refractivity contribution >= 4 is 12.4 Å². The average molecular weight is 547 g/mol. The summed E-state index contributed by atoms with van der Waals surface area (Å²) in [5, 5.41) is 0. The minimum Gasteiger partial charge on any atom is -0.487 e. The zero-order valence-corrected chi connectivity index (χ0v) is 26.6. The van der Waals surface area contributed by atoms with Crippen molar-refractivity contribution in [2.75, 3.05) is 0 Å². The quantitative estimate of drug-likeness (QED) is 0.249. The molecule has 220 valence electrons. The first-order valence-electron chi connectivity index (χ1n) is 15.7. The Hall–Kier alpha value is -2.62. The number of hydrogen-bond donors (Lipinski definition) is 0. The summed E-state index contributed by atoms with van der Waals surface area (Å²) in [6.45, 7) is 17.1. The summed E-state index contributed by atoms with van der Waals surface area (Å²) in [4.78, 5) is 10.3. The van der Waals surface area contributed by atoms with Gasteiger partial charge in [0, 0.05) is 23.6 Å². The molecule has 0 radical (unpaired) electrons. The van der Waals surface area contributed by atoms with Crippen molar-refractivity contribution in [2.24, 2.45) is 9.98 Å². The van der Waals surface area contributed by atoms with Crippen LogP contribution < -0.4 is 9.47 Å². The second kappa shape index (κ2) is 14.8. The zero-order valence-electron chi connectivity index (χ0n) is 26.6. The third-order valence-electron chi connectivity index (χ3n) is 7.15. The van der Waals surface area contributed by atoms with Crippen LogP contribution in [-0.4, -0.2) is 35.7 Å². The second-order valence-corrected chi connectivity index (χ2v) is 13.3. The van der Waals surface area contributed by atoms with Gasteiger partial charge in [0.15, 0.2) is 0 Å². The molecule has 0 aliphatic heterocycles. The third-order valence-corrected chi connectivity index (χ3v) is 7.15. The van der Waals surface area contributed by atoms with Crippen molar-refractivity contribution in [2.45, 2.75) is 143 Å². The van der Waals surface area contributed by atoms with Gasteiger partial charge in [-0.25, -0.2) is 0 Å². The molecule has 1 saturated carbocycles. The topological polar surface area (TPSA) is 43.2 Å². The van der Waals surface area contributed by atoms with Crippen LogP contribution in [0.5, 0.6) is 11.5 Å². The Kier molecular flexibility index (Phi) is 11.8. The van der Waals surface area contributed by atoms with Crippen LogP contribution in [0.3, 0.4) is 0 Å². The van der Waals surface area contributed by atoms with Crippen LogP contribution in [0.25, 0.3) is 0 Å². The maximum Gasteiger partial charge on any atom is 0.132 e. The van der Waals surface area contributed by atoms with Gasteiger partial charge in [0.25, 0.3) is 0 Å². The molecule has 4 heteroatoms.